The van der Waals surface area contributed by atoms with Crippen LogP contribution in [0.1, 0.15) is 19.4 Å². The standard InChI is InChI=1S/C15H23FN2O3/c1-11(2)18(7-9-21-10-8-19)15(20)17-14-6-4-5-13(16)12(14)3/h4-6,11,19H,7-10H2,1-3H3,(H,17,20). The number of rotatable bonds is 7. The molecule has 0 radical (unpaired) electrons. The van der Waals surface area contributed by atoms with Crippen LogP contribution in [0.3, 0.4) is 0 Å². The number of ether oxygens (including phenoxy) is 1. The van der Waals surface area contributed by atoms with Crippen molar-refractivity contribution in [2.24, 2.45) is 0 Å². The minimum atomic E-state index is -0.352. The van der Waals surface area contributed by atoms with Crippen LogP contribution in [0.2, 0.25) is 0 Å². The number of benzene rings is 1. The normalized spacial score (nSPS) is 10.8. The Morgan fingerprint density at radius 2 is 2.14 bits per heavy atom. The molecule has 6 heteroatoms. The fourth-order valence-electron chi connectivity index (χ4n) is 1.85. The third kappa shape index (κ3) is 5.32. The highest BCUT2D eigenvalue weighted by molar-refractivity contribution is 5.90. The zero-order valence-corrected chi connectivity index (χ0v) is 12.7. The molecule has 2 N–H and O–H groups in total. The Balaban J connectivity index is 2.66. The summed E-state index contributed by atoms with van der Waals surface area (Å²) in [5.41, 5.74) is 0.869. The van der Waals surface area contributed by atoms with Gasteiger partial charge in [0.25, 0.3) is 0 Å². The number of anilines is 1. The molecular formula is C15H23FN2O3. The number of nitrogens with zero attached hydrogens (tertiary/aromatic N) is 1. The molecule has 0 aliphatic carbocycles. The van der Waals surface area contributed by atoms with E-state index < -0.39 is 0 Å². The molecule has 5 nitrogen and oxygen atoms in total. The average molecular weight is 298 g/mol. The molecule has 0 aromatic heterocycles. The van der Waals surface area contributed by atoms with Crippen molar-refractivity contribution in [3.8, 4) is 0 Å². The largest absolute Gasteiger partial charge is 0.394 e. The summed E-state index contributed by atoms with van der Waals surface area (Å²) in [7, 11) is 0. The first-order valence-electron chi connectivity index (χ1n) is 6.98. The quantitative estimate of drug-likeness (QED) is 0.760. The lowest BCUT2D eigenvalue weighted by Gasteiger charge is -2.27. The molecule has 0 spiro atoms. The molecule has 0 heterocycles. The van der Waals surface area contributed by atoms with E-state index >= 15 is 0 Å². The molecule has 0 saturated carbocycles. The van der Waals surface area contributed by atoms with Gasteiger partial charge in [-0.1, -0.05) is 6.07 Å². The third-order valence-electron chi connectivity index (χ3n) is 3.11. The Morgan fingerprint density at radius 1 is 1.43 bits per heavy atom. The van der Waals surface area contributed by atoms with Gasteiger partial charge < -0.3 is 20.1 Å². The van der Waals surface area contributed by atoms with Gasteiger partial charge in [0.15, 0.2) is 0 Å². The number of urea groups is 1. The lowest BCUT2D eigenvalue weighted by molar-refractivity contribution is 0.0757. The van der Waals surface area contributed by atoms with Gasteiger partial charge >= 0.3 is 6.03 Å². The van der Waals surface area contributed by atoms with E-state index in [1.54, 1.807) is 24.0 Å². The van der Waals surface area contributed by atoms with Crippen molar-refractivity contribution in [3.05, 3.63) is 29.6 Å². The summed E-state index contributed by atoms with van der Waals surface area (Å²) in [5, 5.41) is 11.4. The Bertz CT molecular complexity index is 466. The topological polar surface area (TPSA) is 61.8 Å². The van der Waals surface area contributed by atoms with Gasteiger partial charge in [0, 0.05) is 23.8 Å². The summed E-state index contributed by atoms with van der Waals surface area (Å²) in [5.74, 6) is -0.352. The number of nitrogens with one attached hydrogen (secondary N) is 1. The number of amides is 2. The number of hydrogen-bond acceptors (Lipinski definition) is 3. The first-order valence-corrected chi connectivity index (χ1v) is 6.98. The van der Waals surface area contributed by atoms with Gasteiger partial charge in [0.1, 0.15) is 5.82 Å². The second-order valence-corrected chi connectivity index (χ2v) is 4.97. The van der Waals surface area contributed by atoms with E-state index in [0.717, 1.165) is 0 Å². The summed E-state index contributed by atoms with van der Waals surface area (Å²) in [6.07, 6.45) is 0. The molecule has 118 valence electrons. The number of carbonyl (C=O) groups is 1. The molecule has 21 heavy (non-hydrogen) atoms. The molecule has 2 amide bonds. The van der Waals surface area contributed by atoms with Gasteiger partial charge in [-0.15, -0.1) is 0 Å². The van der Waals surface area contributed by atoms with E-state index in [1.165, 1.54) is 6.07 Å². The van der Waals surface area contributed by atoms with Crippen LogP contribution in [0.5, 0.6) is 0 Å². The smallest absolute Gasteiger partial charge is 0.322 e. The van der Waals surface area contributed by atoms with Crippen LogP contribution in [0.4, 0.5) is 14.9 Å². The second-order valence-electron chi connectivity index (χ2n) is 4.97. The van der Waals surface area contributed by atoms with Gasteiger partial charge in [0.05, 0.1) is 19.8 Å². The number of hydrogen-bond donors (Lipinski definition) is 2. The maximum atomic E-state index is 13.5. The highest BCUT2D eigenvalue weighted by Gasteiger charge is 2.17. The molecule has 0 bridgehead atoms. The Morgan fingerprint density at radius 3 is 2.76 bits per heavy atom. The fourth-order valence-corrected chi connectivity index (χ4v) is 1.85. The number of halogens is 1. The van der Waals surface area contributed by atoms with E-state index in [4.69, 9.17) is 9.84 Å². The first-order chi connectivity index (χ1) is 9.97. The average Bonchev–Trinajstić information content (AvgIpc) is 2.43. The lowest BCUT2D eigenvalue weighted by atomic mass is 10.2. The fraction of sp³-hybridized carbons (Fsp3) is 0.533. The van der Waals surface area contributed by atoms with Crippen LogP contribution < -0.4 is 5.32 Å². The highest BCUT2D eigenvalue weighted by atomic mass is 19.1. The molecule has 0 saturated heterocycles. The van der Waals surface area contributed by atoms with Gasteiger partial charge in [0.2, 0.25) is 0 Å². The van der Waals surface area contributed by atoms with Gasteiger partial charge in [-0.3, -0.25) is 0 Å². The van der Waals surface area contributed by atoms with E-state index in [9.17, 15) is 9.18 Å². The van der Waals surface area contributed by atoms with Crippen LogP contribution in [-0.4, -0.2) is 48.4 Å². The minimum Gasteiger partial charge on any atom is -0.394 e. The molecule has 1 aromatic rings. The Kier molecular flexibility index (Phi) is 7.11. The van der Waals surface area contributed by atoms with Crippen LogP contribution in [-0.2, 0) is 4.74 Å². The summed E-state index contributed by atoms with van der Waals surface area (Å²) in [6.45, 7) is 6.35. The maximum Gasteiger partial charge on any atom is 0.322 e. The second kappa shape index (κ2) is 8.59. The van der Waals surface area contributed by atoms with Crippen molar-refractivity contribution in [2.75, 3.05) is 31.7 Å². The van der Waals surface area contributed by atoms with Crippen LogP contribution in [0.25, 0.3) is 0 Å². The third-order valence-corrected chi connectivity index (χ3v) is 3.11. The van der Waals surface area contributed by atoms with Gasteiger partial charge in [-0.05, 0) is 32.9 Å². The Labute approximate surface area is 124 Å². The molecular weight excluding hydrogens is 275 g/mol. The minimum absolute atomic E-state index is 0.0170. The van der Waals surface area contributed by atoms with E-state index in [1.807, 2.05) is 13.8 Å². The molecule has 0 aliphatic heterocycles. The zero-order valence-electron chi connectivity index (χ0n) is 12.7. The van der Waals surface area contributed by atoms with Crippen LogP contribution in [0, 0.1) is 12.7 Å². The van der Waals surface area contributed by atoms with Crippen molar-refractivity contribution >= 4 is 11.7 Å². The van der Waals surface area contributed by atoms with E-state index in [0.29, 0.717) is 24.4 Å². The van der Waals surface area contributed by atoms with Crippen molar-refractivity contribution in [1.29, 1.82) is 0 Å². The summed E-state index contributed by atoms with van der Waals surface area (Å²) < 4.78 is 18.6. The van der Waals surface area contributed by atoms with Gasteiger partial charge in [-0.2, -0.15) is 0 Å². The highest BCUT2D eigenvalue weighted by Crippen LogP contribution is 2.18. The predicted molar refractivity (Wildman–Crippen MR) is 79.9 cm³/mol. The van der Waals surface area contributed by atoms with Crippen LogP contribution in [0.15, 0.2) is 18.2 Å². The van der Waals surface area contributed by atoms with Crippen molar-refractivity contribution < 1.29 is 19.0 Å². The number of aliphatic hydroxyl groups excluding tert-OH is 1. The van der Waals surface area contributed by atoms with E-state index in [2.05, 4.69) is 5.32 Å². The molecule has 1 aromatic carbocycles. The number of carbonyl (C=O) groups excluding carboxylic acids is 1. The number of aliphatic hydroxyl groups is 1. The summed E-state index contributed by atoms with van der Waals surface area (Å²) in [6, 6.07) is 4.26. The summed E-state index contributed by atoms with van der Waals surface area (Å²) in [4.78, 5) is 13.9. The first kappa shape index (κ1) is 17.4. The zero-order chi connectivity index (χ0) is 15.8. The molecule has 0 aliphatic rings. The van der Waals surface area contributed by atoms with Gasteiger partial charge in [-0.25, -0.2) is 9.18 Å². The van der Waals surface area contributed by atoms with Crippen molar-refractivity contribution in [1.82, 2.24) is 4.90 Å². The molecule has 0 unspecified atom stereocenters. The Hall–Kier alpha value is -1.66. The molecule has 1 rings (SSSR count). The van der Waals surface area contributed by atoms with Crippen LogP contribution >= 0.6 is 0 Å². The molecule has 0 fully saturated rings. The lowest BCUT2D eigenvalue weighted by Crippen LogP contribution is -2.42. The monoisotopic (exact) mass is 298 g/mol. The maximum absolute atomic E-state index is 13.5. The summed E-state index contributed by atoms with van der Waals surface area (Å²) >= 11 is 0. The van der Waals surface area contributed by atoms with Crippen molar-refractivity contribution in [3.63, 3.8) is 0 Å². The van der Waals surface area contributed by atoms with E-state index in [-0.39, 0.29) is 31.1 Å². The van der Waals surface area contributed by atoms with Crippen molar-refractivity contribution in [2.45, 2.75) is 26.8 Å². The molecule has 0 atom stereocenters. The SMILES string of the molecule is Cc1c(F)cccc1NC(=O)N(CCOCCO)C(C)C. The predicted octanol–water partition coefficient (Wildman–Crippen LogP) is 2.39.